The average molecular weight is 304 g/mol. The first kappa shape index (κ1) is 18.2. The van der Waals surface area contributed by atoms with Crippen molar-refractivity contribution in [2.45, 2.75) is 65.2 Å². The molecule has 1 aromatic rings. The summed E-state index contributed by atoms with van der Waals surface area (Å²) in [5.41, 5.74) is 3.39. The Hall–Kier alpha value is -1.84. The molecule has 0 radical (unpaired) electrons. The van der Waals surface area contributed by atoms with Crippen LogP contribution in [0.25, 0.3) is 0 Å². The largest absolute Gasteiger partial charge is 0.507 e. The summed E-state index contributed by atoms with van der Waals surface area (Å²) >= 11 is 0. The highest BCUT2D eigenvalue weighted by molar-refractivity contribution is 5.97. The fourth-order valence-electron chi connectivity index (χ4n) is 2.26. The third-order valence-electron chi connectivity index (χ3n) is 3.68. The summed E-state index contributed by atoms with van der Waals surface area (Å²) in [4.78, 5) is 11.9. The number of para-hydroxylation sites is 1. The highest BCUT2D eigenvalue weighted by Gasteiger charge is 2.11. The molecule has 0 aliphatic rings. The Morgan fingerprint density at radius 2 is 1.86 bits per heavy atom. The highest BCUT2D eigenvalue weighted by atomic mass is 16.3. The van der Waals surface area contributed by atoms with Gasteiger partial charge in [-0.3, -0.25) is 4.79 Å². The number of nitrogens with zero attached hydrogens (tertiary/aromatic N) is 1. The number of phenolic OH excluding ortho intramolecular Hbond substituents is 1. The van der Waals surface area contributed by atoms with Gasteiger partial charge in [-0.2, -0.15) is 5.10 Å². The molecule has 0 unspecified atom stereocenters. The van der Waals surface area contributed by atoms with E-state index in [1.54, 1.807) is 31.3 Å². The van der Waals surface area contributed by atoms with E-state index in [0.29, 0.717) is 5.56 Å². The summed E-state index contributed by atoms with van der Waals surface area (Å²) in [6.07, 6.45) is 11.4. The molecule has 122 valence electrons. The Bertz CT molecular complexity index is 484. The van der Waals surface area contributed by atoms with Crippen LogP contribution in [0.2, 0.25) is 0 Å². The van der Waals surface area contributed by atoms with E-state index in [4.69, 9.17) is 0 Å². The van der Waals surface area contributed by atoms with Gasteiger partial charge in [-0.1, -0.05) is 57.6 Å². The first-order chi connectivity index (χ1) is 10.7. The van der Waals surface area contributed by atoms with Gasteiger partial charge in [0.1, 0.15) is 5.75 Å². The number of nitrogens with one attached hydrogen (secondary N) is 1. The van der Waals surface area contributed by atoms with Crippen molar-refractivity contribution in [3.63, 3.8) is 0 Å². The Balaban J connectivity index is 2.17. The number of carbonyl (C=O) groups excluding carboxylic acids is 1. The smallest absolute Gasteiger partial charge is 0.275 e. The minimum absolute atomic E-state index is 0.0160. The van der Waals surface area contributed by atoms with E-state index < -0.39 is 0 Å². The quantitative estimate of drug-likeness (QED) is 0.378. The van der Waals surface area contributed by atoms with Crippen LogP contribution < -0.4 is 5.43 Å². The minimum atomic E-state index is -0.378. The molecule has 4 nitrogen and oxygen atoms in total. The van der Waals surface area contributed by atoms with Gasteiger partial charge < -0.3 is 5.11 Å². The van der Waals surface area contributed by atoms with Gasteiger partial charge in [0.2, 0.25) is 0 Å². The van der Waals surface area contributed by atoms with Crippen molar-refractivity contribution in [1.29, 1.82) is 0 Å². The molecule has 0 atom stereocenters. The van der Waals surface area contributed by atoms with Crippen molar-refractivity contribution in [3.05, 3.63) is 29.3 Å². The minimum Gasteiger partial charge on any atom is -0.507 e. The van der Waals surface area contributed by atoms with E-state index in [1.807, 2.05) is 0 Å². The third-order valence-corrected chi connectivity index (χ3v) is 3.68. The van der Waals surface area contributed by atoms with E-state index in [1.165, 1.54) is 38.5 Å². The molecule has 1 rings (SSSR count). The van der Waals surface area contributed by atoms with E-state index >= 15 is 0 Å². The molecule has 0 aliphatic heterocycles. The molecular weight excluding hydrogens is 276 g/mol. The number of hydrogen-bond donors (Lipinski definition) is 2. The van der Waals surface area contributed by atoms with E-state index in [2.05, 4.69) is 17.5 Å². The molecule has 0 bridgehead atoms. The Morgan fingerprint density at radius 3 is 2.59 bits per heavy atom. The van der Waals surface area contributed by atoms with Gasteiger partial charge in [0.05, 0.1) is 5.56 Å². The lowest BCUT2D eigenvalue weighted by Gasteiger charge is -2.05. The van der Waals surface area contributed by atoms with Crippen LogP contribution in [0.15, 0.2) is 23.3 Å². The second-order valence-corrected chi connectivity index (χ2v) is 5.63. The monoisotopic (exact) mass is 304 g/mol. The maximum Gasteiger partial charge on any atom is 0.275 e. The summed E-state index contributed by atoms with van der Waals surface area (Å²) in [5.74, 6) is -0.362. The van der Waals surface area contributed by atoms with Gasteiger partial charge in [0, 0.05) is 6.21 Å². The molecule has 0 aliphatic carbocycles. The Morgan fingerprint density at radius 1 is 1.18 bits per heavy atom. The molecule has 0 saturated carbocycles. The van der Waals surface area contributed by atoms with Gasteiger partial charge in [0.25, 0.3) is 5.91 Å². The lowest BCUT2D eigenvalue weighted by Crippen LogP contribution is -2.17. The molecular formula is C18H28N2O2. The van der Waals surface area contributed by atoms with Gasteiger partial charge in [-0.25, -0.2) is 5.43 Å². The molecule has 0 heterocycles. The molecule has 0 spiro atoms. The number of aromatic hydroxyl groups is 1. The van der Waals surface area contributed by atoms with Crippen molar-refractivity contribution in [2.24, 2.45) is 5.10 Å². The zero-order valence-corrected chi connectivity index (χ0v) is 13.8. The third kappa shape index (κ3) is 6.74. The molecule has 2 N–H and O–H groups in total. The van der Waals surface area contributed by atoms with Crippen LogP contribution in [0, 0.1) is 6.92 Å². The fraction of sp³-hybridized carbons (Fsp3) is 0.556. The van der Waals surface area contributed by atoms with Gasteiger partial charge in [0.15, 0.2) is 0 Å². The van der Waals surface area contributed by atoms with Crippen LogP contribution in [0.4, 0.5) is 0 Å². The molecule has 4 heteroatoms. The van der Waals surface area contributed by atoms with Crippen molar-refractivity contribution < 1.29 is 9.90 Å². The average Bonchev–Trinajstić information content (AvgIpc) is 2.51. The number of rotatable bonds is 10. The Labute approximate surface area is 133 Å². The lowest BCUT2D eigenvalue weighted by atomic mass is 10.1. The van der Waals surface area contributed by atoms with E-state index in [-0.39, 0.29) is 17.2 Å². The zero-order valence-electron chi connectivity index (χ0n) is 13.8. The van der Waals surface area contributed by atoms with Crippen LogP contribution in [0.3, 0.4) is 0 Å². The second kappa shape index (κ2) is 10.8. The topological polar surface area (TPSA) is 61.7 Å². The van der Waals surface area contributed by atoms with Crippen LogP contribution in [-0.4, -0.2) is 17.2 Å². The van der Waals surface area contributed by atoms with Crippen LogP contribution in [-0.2, 0) is 0 Å². The predicted octanol–water partition coefficient (Wildman–Crippen LogP) is 4.56. The van der Waals surface area contributed by atoms with Crippen LogP contribution >= 0.6 is 0 Å². The second-order valence-electron chi connectivity index (χ2n) is 5.63. The number of carbonyl (C=O) groups is 1. The number of aryl methyl sites for hydroxylation is 1. The summed E-state index contributed by atoms with van der Waals surface area (Å²) in [5, 5.41) is 13.7. The highest BCUT2D eigenvalue weighted by Crippen LogP contribution is 2.20. The summed E-state index contributed by atoms with van der Waals surface area (Å²) < 4.78 is 0. The fourth-order valence-corrected chi connectivity index (χ4v) is 2.26. The lowest BCUT2D eigenvalue weighted by molar-refractivity contribution is 0.0952. The van der Waals surface area contributed by atoms with Gasteiger partial charge in [-0.15, -0.1) is 0 Å². The number of hydrogen-bond acceptors (Lipinski definition) is 3. The molecule has 0 aromatic heterocycles. The van der Waals surface area contributed by atoms with Crippen molar-refractivity contribution in [2.75, 3.05) is 0 Å². The Kier molecular flexibility index (Phi) is 8.96. The van der Waals surface area contributed by atoms with Crippen molar-refractivity contribution in [3.8, 4) is 5.75 Å². The predicted molar refractivity (Wildman–Crippen MR) is 91.4 cm³/mol. The molecule has 1 aromatic carbocycles. The molecule has 0 fully saturated rings. The normalized spacial score (nSPS) is 11.0. The number of amides is 1. The molecule has 0 saturated heterocycles. The number of phenols is 1. The molecule has 22 heavy (non-hydrogen) atoms. The molecule has 1 amide bonds. The van der Waals surface area contributed by atoms with E-state index in [9.17, 15) is 9.90 Å². The van der Waals surface area contributed by atoms with Crippen molar-refractivity contribution >= 4 is 12.1 Å². The van der Waals surface area contributed by atoms with Gasteiger partial charge in [-0.05, 0) is 31.4 Å². The maximum absolute atomic E-state index is 11.9. The van der Waals surface area contributed by atoms with E-state index in [0.717, 1.165) is 12.8 Å². The summed E-state index contributed by atoms with van der Waals surface area (Å²) in [6, 6.07) is 5.09. The van der Waals surface area contributed by atoms with Gasteiger partial charge >= 0.3 is 0 Å². The van der Waals surface area contributed by atoms with Crippen LogP contribution in [0.5, 0.6) is 5.75 Å². The standard InChI is InChI=1S/C18H28N2O2/c1-3-4-5-6-7-8-9-10-14-19-20-18(22)16-13-11-12-15(2)17(16)21/h11-14,21H,3-10H2,1-2H3,(H,20,22)/b19-14-. The number of unbranched alkanes of at least 4 members (excludes halogenated alkanes) is 7. The maximum atomic E-state index is 11.9. The first-order valence-electron chi connectivity index (χ1n) is 8.27. The van der Waals surface area contributed by atoms with Crippen molar-refractivity contribution in [1.82, 2.24) is 5.43 Å². The SMILES string of the molecule is CCCCCCCCC/C=N\NC(=O)c1cccc(C)c1O. The zero-order chi connectivity index (χ0) is 16.2. The summed E-state index contributed by atoms with van der Waals surface area (Å²) in [7, 11) is 0. The number of hydrazone groups is 1. The van der Waals surface area contributed by atoms with Crippen LogP contribution in [0.1, 0.15) is 74.2 Å². The number of benzene rings is 1. The summed E-state index contributed by atoms with van der Waals surface area (Å²) in [6.45, 7) is 3.98. The first-order valence-corrected chi connectivity index (χ1v) is 8.27.